The van der Waals surface area contributed by atoms with Gasteiger partial charge in [-0.05, 0) is 30.2 Å². The normalized spacial score (nSPS) is 17.3. The highest BCUT2D eigenvalue weighted by atomic mass is 35.5. The lowest BCUT2D eigenvalue weighted by atomic mass is 9.95. The van der Waals surface area contributed by atoms with Crippen LogP contribution in [0.15, 0.2) is 83.4 Å². The molecule has 3 aromatic rings. The molecule has 0 bridgehead atoms. The van der Waals surface area contributed by atoms with E-state index < -0.39 is 0 Å². The number of benzene rings is 3. The molecule has 2 aliphatic rings. The quantitative estimate of drug-likeness (QED) is 0.538. The van der Waals surface area contributed by atoms with E-state index in [9.17, 15) is 4.79 Å². The third-order valence-corrected chi connectivity index (χ3v) is 6.56. The fraction of sp³-hybridized carbons (Fsp3) is 0.120. The minimum atomic E-state index is -0.316. The van der Waals surface area contributed by atoms with Crippen molar-refractivity contribution >= 4 is 40.0 Å². The van der Waals surface area contributed by atoms with Crippen LogP contribution >= 0.6 is 23.4 Å². The van der Waals surface area contributed by atoms with Gasteiger partial charge < -0.3 is 5.32 Å². The van der Waals surface area contributed by atoms with Crippen molar-refractivity contribution in [3.8, 4) is 0 Å². The number of rotatable bonds is 3. The SMILES string of the molecule is Cc1ccc([C@H]2N=C(SCc3cccc(Cl)c3)NC3=C2C(=O)c2ccccc23)cc1. The Bertz CT molecular complexity index is 1210. The van der Waals surface area contributed by atoms with Gasteiger partial charge in [0.15, 0.2) is 11.0 Å². The summed E-state index contributed by atoms with van der Waals surface area (Å²) < 4.78 is 0. The van der Waals surface area contributed by atoms with Crippen molar-refractivity contribution in [2.45, 2.75) is 18.7 Å². The maximum absolute atomic E-state index is 13.2. The fourth-order valence-corrected chi connectivity index (χ4v) is 4.91. The summed E-state index contributed by atoms with van der Waals surface area (Å²) in [7, 11) is 0. The predicted molar refractivity (Wildman–Crippen MR) is 125 cm³/mol. The van der Waals surface area contributed by atoms with Gasteiger partial charge in [-0.2, -0.15) is 0 Å². The van der Waals surface area contributed by atoms with E-state index in [1.54, 1.807) is 11.8 Å². The standard InChI is InChI=1S/C25H19ClN2OS/c1-15-9-11-17(12-10-15)22-21-23(19-7-2-3-8-20(19)24(21)29)28-25(27-22)30-14-16-5-4-6-18(26)13-16/h2-13,22H,14H2,1H3,(H,27,28)/t22-/m1/s1. The molecule has 5 heteroatoms. The van der Waals surface area contributed by atoms with Crippen molar-refractivity contribution in [3.05, 3.63) is 111 Å². The summed E-state index contributed by atoms with van der Waals surface area (Å²) in [5.74, 6) is 0.798. The highest BCUT2D eigenvalue weighted by Gasteiger charge is 2.38. The number of ketones is 1. The molecule has 3 aromatic carbocycles. The molecule has 1 aliphatic carbocycles. The second kappa shape index (κ2) is 7.78. The molecule has 0 fully saturated rings. The Morgan fingerprint density at radius 2 is 1.77 bits per heavy atom. The summed E-state index contributed by atoms with van der Waals surface area (Å²) in [5, 5.41) is 4.97. The summed E-state index contributed by atoms with van der Waals surface area (Å²) >= 11 is 7.75. The van der Waals surface area contributed by atoms with Gasteiger partial charge in [0.1, 0.15) is 6.04 Å². The first-order chi connectivity index (χ1) is 14.6. The highest BCUT2D eigenvalue weighted by Crippen LogP contribution is 2.43. The smallest absolute Gasteiger partial charge is 0.194 e. The van der Waals surface area contributed by atoms with Crippen LogP contribution in [0.4, 0.5) is 0 Å². The lowest BCUT2D eigenvalue weighted by molar-refractivity contribution is 0.103. The van der Waals surface area contributed by atoms with E-state index in [0.29, 0.717) is 0 Å². The number of fused-ring (bicyclic) bond motifs is 2. The fourth-order valence-electron chi connectivity index (χ4n) is 3.86. The van der Waals surface area contributed by atoms with E-state index in [4.69, 9.17) is 16.6 Å². The molecule has 0 aromatic heterocycles. The summed E-state index contributed by atoms with van der Waals surface area (Å²) in [6.45, 7) is 2.06. The number of amidine groups is 1. The topological polar surface area (TPSA) is 41.5 Å². The van der Waals surface area contributed by atoms with E-state index >= 15 is 0 Å². The van der Waals surface area contributed by atoms with Crippen molar-refractivity contribution in [3.63, 3.8) is 0 Å². The average molecular weight is 431 g/mol. The van der Waals surface area contributed by atoms with Crippen LogP contribution in [0, 0.1) is 6.92 Å². The van der Waals surface area contributed by atoms with Gasteiger partial charge in [-0.15, -0.1) is 0 Å². The first kappa shape index (κ1) is 19.2. The molecule has 0 amide bonds. The second-order valence-corrected chi connectivity index (χ2v) is 8.85. The number of aryl methyl sites for hydroxylation is 1. The van der Waals surface area contributed by atoms with Crippen LogP contribution in [-0.2, 0) is 5.75 Å². The molecule has 148 valence electrons. The molecule has 1 N–H and O–H groups in total. The first-order valence-corrected chi connectivity index (χ1v) is 11.1. The van der Waals surface area contributed by atoms with E-state index in [0.717, 1.165) is 49.5 Å². The van der Waals surface area contributed by atoms with E-state index in [2.05, 4.69) is 42.6 Å². The van der Waals surface area contributed by atoms with Crippen LogP contribution in [0.1, 0.15) is 38.7 Å². The van der Waals surface area contributed by atoms with Crippen LogP contribution in [-0.4, -0.2) is 11.0 Å². The molecule has 0 radical (unpaired) electrons. The number of halogens is 1. The Balaban J connectivity index is 1.52. The molecular formula is C25H19ClN2OS. The van der Waals surface area contributed by atoms with Gasteiger partial charge in [-0.1, -0.05) is 89.6 Å². The molecule has 5 rings (SSSR count). The number of hydrogen-bond acceptors (Lipinski definition) is 4. The summed E-state index contributed by atoms with van der Waals surface area (Å²) in [5.41, 5.74) is 6.64. The number of aliphatic imine (C=N–C) groups is 1. The Morgan fingerprint density at radius 1 is 1.00 bits per heavy atom. The zero-order valence-electron chi connectivity index (χ0n) is 16.4. The molecule has 30 heavy (non-hydrogen) atoms. The Labute approximate surface area is 184 Å². The first-order valence-electron chi connectivity index (χ1n) is 9.77. The van der Waals surface area contributed by atoms with Crippen LogP contribution in [0.25, 0.3) is 5.70 Å². The van der Waals surface area contributed by atoms with Gasteiger partial charge in [-0.3, -0.25) is 4.79 Å². The van der Waals surface area contributed by atoms with Crippen molar-refractivity contribution < 1.29 is 4.79 Å². The lowest BCUT2D eigenvalue weighted by Gasteiger charge is -2.24. The van der Waals surface area contributed by atoms with Crippen LogP contribution in [0.3, 0.4) is 0 Å². The molecule has 3 nitrogen and oxygen atoms in total. The average Bonchev–Trinajstić information content (AvgIpc) is 3.05. The number of thioether (sulfide) groups is 1. The van der Waals surface area contributed by atoms with Gasteiger partial charge >= 0.3 is 0 Å². The van der Waals surface area contributed by atoms with Crippen LogP contribution in [0.2, 0.25) is 5.02 Å². The number of Topliss-reactive ketones (excluding diaryl/α,β-unsaturated/α-hetero) is 1. The lowest BCUT2D eigenvalue weighted by Crippen LogP contribution is -2.26. The van der Waals surface area contributed by atoms with E-state index in [1.807, 2.05) is 42.5 Å². The number of hydrogen-bond donors (Lipinski definition) is 1. The Hall–Kier alpha value is -2.82. The van der Waals surface area contributed by atoms with Gasteiger partial charge in [0.05, 0.1) is 11.3 Å². The molecule has 0 saturated carbocycles. The van der Waals surface area contributed by atoms with Gasteiger partial charge in [-0.25, -0.2) is 4.99 Å². The minimum Gasteiger partial charge on any atom is -0.334 e. The number of carbonyl (C=O) groups excluding carboxylic acids is 1. The minimum absolute atomic E-state index is 0.0568. The van der Waals surface area contributed by atoms with Gasteiger partial charge in [0.2, 0.25) is 0 Å². The molecule has 0 unspecified atom stereocenters. The molecular weight excluding hydrogens is 412 g/mol. The van der Waals surface area contributed by atoms with Crippen molar-refractivity contribution in [2.24, 2.45) is 4.99 Å². The highest BCUT2D eigenvalue weighted by molar-refractivity contribution is 8.13. The van der Waals surface area contributed by atoms with E-state index in [-0.39, 0.29) is 11.8 Å². The molecule has 0 saturated heterocycles. The van der Waals surface area contributed by atoms with Crippen molar-refractivity contribution in [1.82, 2.24) is 5.32 Å². The van der Waals surface area contributed by atoms with Gasteiger partial charge in [0, 0.05) is 21.9 Å². The largest absolute Gasteiger partial charge is 0.334 e. The number of carbonyl (C=O) groups is 1. The van der Waals surface area contributed by atoms with Gasteiger partial charge in [0.25, 0.3) is 0 Å². The zero-order valence-corrected chi connectivity index (χ0v) is 17.9. The van der Waals surface area contributed by atoms with Crippen molar-refractivity contribution in [1.29, 1.82) is 0 Å². The molecule has 1 aliphatic heterocycles. The third kappa shape index (κ3) is 3.47. The number of nitrogens with zero attached hydrogens (tertiary/aromatic N) is 1. The van der Waals surface area contributed by atoms with E-state index in [1.165, 1.54) is 5.56 Å². The molecule has 1 atom stereocenters. The maximum atomic E-state index is 13.2. The molecule has 0 spiro atoms. The Kier molecular flexibility index (Phi) is 4.97. The Morgan fingerprint density at radius 3 is 2.53 bits per heavy atom. The van der Waals surface area contributed by atoms with Crippen LogP contribution in [0.5, 0.6) is 0 Å². The monoisotopic (exact) mass is 430 g/mol. The summed E-state index contributed by atoms with van der Waals surface area (Å²) in [6.07, 6.45) is 0. The summed E-state index contributed by atoms with van der Waals surface area (Å²) in [6, 6.07) is 23.6. The molecule has 1 heterocycles. The van der Waals surface area contributed by atoms with Crippen molar-refractivity contribution in [2.75, 3.05) is 0 Å². The van der Waals surface area contributed by atoms with Crippen LogP contribution < -0.4 is 5.32 Å². The second-order valence-electron chi connectivity index (χ2n) is 7.45. The predicted octanol–water partition coefficient (Wildman–Crippen LogP) is 6.19. The number of nitrogens with one attached hydrogen (secondary N) is 1. The zero-order chi connectivity index (χ0) is 20.7. The summed E-state index contributed by atoms with van der Waals surface area (Å²) in [4.78, 5) is 18.2. The third-order valence-electron chi connectivity index (χ3n) is 5.36. The maximum Gasteiger partial charge on any atom is 0.194 e.